The third kappa shape index (κ3) is 3.37. The molecule has 0 unspecified atom stereocenters. The van der Waals surface area contributed by atoms with E-state index in [4.69, 9.17) is 5.73 Å². The summed E-state index contributed by atoms with van der Waals surface area (Å²) in [6, 6.07) is 0.523. The van der Waals surface area contributed by atoms with Crippen LogP contribution in [0.25, 0.3) is 11.2 Å². The maximum absolute atomic E-state index is 10.0. The quantitative estimate of drug-likeness (QED) is 0.630. The lowest BCUT2D eigenvalue weighted by molar-refractivity contribution is 0.0906. The van der Waals surface area contributed by atoms with Gasteiger partial charge in [-0.15, -0.1) is 24.8 Å². The molecule has 0 bridgehead atoms. The van der Waals surface area contributed by atoms with Crippen molar-refractivity contribution in [2.75, 3.05) is 17.7 Å². The molecule has 0 aromatic carbocycles. The molecule has 4 rings (SSSR count). The molecule has 134 valence electrons. The maximum Gasteiger partial charge on any atom is 0.224 e. The molecule has 0 aliphatic heterocycles. The van der Waals surface area contributed by atoms with Crippen LogP contribution in [0.5, 0.6) is 0 Å². The van der Waals surface area contributed by atoms with Crippen molar-refractivity contribution in [3.05, 3.63) is 6.33 Å². The molecule has 0 radical (unpaired) electrons. The van der Waals surface area contributed by atoms with Gasteiger partial charge in [-0.05, 0) is 25.7 Å². The van der Waals surface area contributed by atoms with Gasteiger partial charge in [-0.1, -0.05) is 0 Å². The third-order valence-electron chi connectivity index (χ3n) is 4.62. The summed E-state index contributed by atoms with van der Waals surface area (Å²) in [5.74, 6) is 0.807. The van der Waals surface area contributed by atoms with E-state index in [9.17, 15) is 10.2 Å². The summed E-state index contributed by atoms with van der Waals surface area (Å²) in [5.41, 5.74) is 7.23. The first-order valence-electron chi connectivity index (χ1n) is 7.71. The summed E-state index contributed by atoms with van der Waals surface area (Å²) >= 11 is 0. The number of imidazole rings is 1. The van der Waals surface area contributed by atoms with Crippen LogP contribution in [-0.2, 0) is 0 Å². The van der Waals surface area contributed by atoms with Gasteiger partial charge in [-0.25, -0.2) is 4.98 Å². The molecule has 24 heavy (non-hydrogen) atoms. The molecule has 2 saturated carbocycles. The first-order chi connectivity index (χ1) is 10.7. The van der Waals surface area contributed by atoms with Crippen LogP contribution in [0.4, 0.5) is 11.8 Å². The number of aliphatic hydroxyl groups is 2. The van der Waals surface area contributed by atoms with Crippen molar-refractivity contribution in [1.82, 2.24) is 19.5 Å². The van der Waals surface area contributed by atoms with Gasteiger partial charge < -0.3 is 25.8 Å². The smallest absolute Gasteiger partial charge is 0.224 e. The Hall–Kier alpha value is -1.35. The molecule has 3 atom stereocenters. The van der Waals surface area contributed by atoms with E-state index in [1.165, 1.54) is 0 Å². The number of fused-ring (bicyclic) bond motifs is 1. The molecular weight excluding hydrogens is 355 g/mol. The summed E-state index contributed by atoms with van der Waals surface area (Å²) in [7, 11) is 0. The topological polar surface area (TPSA) is 122 Å². The van der Waals surface area contributed by atoms with Crippen LogP contribution in [0.2, 0.25) is 0 Å². The summed E-state index contributed by atoms with van der Waals surface area (Å²) in [6.07, 6.45) is 4.81. The van der Waals surface area contributed by atoms with Gasteiger partial charge in [0.25, 0.3) is 0 Å². The normalized spacial score (nSPS) is 26.0. The van der Waals surface area contributed by atoms with E-state index in [0.29, 0.717) is 35.9 Å². The zero-order valence-corrected chi connectivity index (χ0v) is 14.6. The number of nitrogen functional groups attached to an aromatic ring is 1. The van der Waals surface area contributed by atoms with E-state index in [-0.39, 0.29) is 49.3 Å². The molecule has 0 spiro atoms. The number of rotatable bonds is 4. The lowest BCUT2D eigenvalue weighted by Gasteiger charge is -2.13. The van der Waals surface area contributed by atoms with Crippen LogP contribution < -0.4 is 11.1 Å². The molecule has 8 nitrogen and oxygen atoms in total. The number of aromatic nitrogens is 4. The minimum absolute atomic E-state index is 0. The standard InChI is InChI=1S/C14H20N6O2.2ClH/c15-14-18-12(17-8-1-2-8)11-13(19-14)20(6-16-11)9-3-7(5-21)10(22)4-9;;/h6-10,21-22H,1-5H2,(H3,15,17,18,19);2*1H/t7-,9-,10+;;/m0../s1. The Bertz CT molecular complexity index is 708. The van der Waals surface area contributed by atoms with Gasteiger partial charge in [0.15, 0.2) is 17.0 Å². The molecule has 5 N–H and O–H groups in total. The molecule has 2 aliphatic rings. The number of aliphatic hydroxyl groups excluding tert-OH is 2. The highest BCUT2D eigenvalue weighted by atomic mass is 35.5. The van der Waals surface area contributed by atoms with Crippen LogP contribution in [0.3, 0.4) is 0 Å². The van der Waals surface area contributed by atoms with Crippen molar-refractivity contribution in [3.8, 4) is 0 Å². The Balaban J connectivity index is 0.00000104. The fraction of sp³-hybridized carbons (Fsp3) is 0.643. The number of anilines is 2. The van der Waals surface area contributed by atoms with Crippen LogP contribution in [0, 0.1) is 5.92 Å². The number of nitrogens with two attached hydrogens (primary N) is 1. The van der Waals surface area contributed by atoms with Gasteiger partial charge in [0.05, 0.1) is 12.4 Å². The summed E-state index contributed by atoms with van der Waals surface area (Å²) < 4.78 is 1.95. The van der Waals surface area contributed by atoms with Crippen LogP contribution >= 0.6 is 24.8 Å². The van der Waals surface area contributed by atoms with Crippen molar-refractivity contribution in [3.63, 3.8) is 0 Å². The zero-order chi connectivity index (χ0) is 15.3. The third-order valence-corrected chi connectivity index (χ3v) is 4.62. The second-order valence-corrected chi connectivity index (χ2v) is 6.31. The van der Waals surface area contributed by atoms with Gasteiger partial charge in [-0.3, -0.25) is 0 Å². The van der Waals surface area contributed by atoms with Gasteiger partial charge in [-0.2, -0.15) is 9.97 Å². The van der Waals surface area contributed by atoms with Gasteiger partial charge in [0, 0.05) is 24.6 Å². The summed E-state index contributed by atoms with van der Waals surface area (Å²) in [5, 5.41) is 22.7. The number of nitrogens with zero attached hydrogens (tertiary/aromatic N) is 4. The summed E-state index contributed by atoms with van der Waals surface area (Å²) in [4.78, 5) is 13.0. The first kappa shape index (κ1) is 19.0. The molecule has 2 fully saturated rings. The number of halogens is 2. The van der Waals surface area contributed by atoms with Crippen molar-refractivity contribution in [2.45, 2.75) is 43.9 Å². The Morgan fingerprint density at radius 2 is 2.00 bits per heavy atom. The molecule has 2 aromatic rings. The van der Waals surface area contributed by atoms with Crippen LogP contribution in [0.15, 0.2) is 6.33 Å². The largest absolute Gasteiger partial charge is 0.396 e. The average molecular weight is 377 g/mol. The number of nitrogens with one attached hydrogen (secondary N) is 1. The van der Waals surface area contributed by atoms with Crippen LogP contribution in [0.1, 0.15) is 31.7 Å². The van der Waals surface area contributed by atoms with Crippen LogP contribution in [-0.4, -0.2) is 48.5 Å². The fourth-order valence-electron chi connectivity index (χ4n) is 3.22. The van der Waals surface area contributed by atoms with Gasteiger partial charge in [0.1, 0.15) is 0 Å². The highest BCUT2D eigenvalue weighted by molar-refractivity contribution is 5.86. The monoisotopic (exact) mass is 376 g/mol. The first-order valence-corrected chi connectivity index (χ1v) is 7.71. The molecular formula is C14H22Cl2N6O2. The minimum Gasteiger partial charge on any atom is -0.396 e. The van der Waals surface area contributed by atoms with E-state index in [0.717, 1.165) is 12.8 Å². The Kier molecular flexibility index (Phi) is 5.74. The average Bonchev–Trinajstić information content (AvgIpc) is 3.07. The zero-order valence-electron chi connectivity index (χ0n) is 13.0. The lowest BCUT2D eigenvalue weighted by Crippen LogP contribution is -2.16. The van der Waals surface area contributed by atoms with E-state index < -0.39 is 6.10 Å². The van der Waals surface area contributed by atoms with E-state index in [2.05, 4.69) is 20.3 Å². The van der Waals surface area contributed by atoms with E-state index >= 15 is 0 Å². The highest BCUT2D eigenvalue weighted by Crippen LogP contribution is 2.37. The van der Waals surface area contributed by atoms with E-state index in [1.54, 1.807) is 6.33 Å². The lowest BCUT2D eigenvalue weighted by atomic mass is 10.1. The highest BCUT2D eigenvalue weighted by Gasteiger charge is 2.34. The Morgan fingerprint density at radius 1 is 1.25 bits per heavy atom. The predicted octanol–water partition coefficient (Wildman–Crippen LogP) is 1.13. The second kappa shape index (κ2) is 7.26. The molecule has 0 amide bonds. The number of hydrogen-bond acceptors (Lipinski definition) is 7. The SMILES string of the molecule is Cl.Cl.Nc1nc(NC2CC2)c2ncn([C@H]3C[C@@H](CO)[C@H](O)C3)c2n1. The fourth-order valence-corrected chi connectivity index (χ4v) is 3.22. The van der Waals surface area contributed by atoms with Crippen molar-refractivity contribution >= 4 is 47.7 Å². The molecule has 10 heteroatoms. The molecule has 2 aromatic heterocycles. The minimum atomic E-state index is -0.490. The van der Waals surface area contributed by atoms with Crippen molar-refractivity contribution in [1.29, 1.82) is 0 Å². The van der Waals surface area contributed by atoms with Crippen molar-refractivity contribution in [2.24, 2.45) is 5.92 Å². The maximum atomic E-state index is 10.0. The molecule has 2 aliphatic carbocycles. The predicted molar refractivity (Wildman–Crippen MR) is 95.7 cm³/mol. The molecule has 2 heterocycles. The Morgan fingerprint density at radius 3 is 2.62 bits per heavy atom. The Labute approximate surface area is 151 Å². The van der Waals surface area contributed by atoms with Gasteiger partial charge >= 0.3 is 0 Å². The second-order valence-electron chi connectivity index (χ2n) is 6.31. The molecule has 0 saturated heterocycles. The van der Waals surface area contributed by atoms with E-state index in [1.807, 2.05) is 4.57 Å². The number of hydrogen-bond donors (Lipinski definition) is 4. The van der Waals surface area contributed by atoms with Crippen molar-refractivity contribution < 1.29 is 10.2 Å². The van der Waals surface area contributed by atoms with Gasteiger partial charge in [0.2, 0.25) is 5.95 Å². The summed E-state index contributed by atoms with van der Waals surface area (Å²) in [6.45, 7) is -0.00406.